The quantitative estimate of drug-likeness (QED) is 0.0534. The molecule has 1 N–H and O–H groups in total. The Labute approximate surface area is 247 Å². The number of aliphatic hydroxyl groups is 1. The molecule has 0 heterocycles. The predicted molar refractivity (Wildman–Crippen MR) is 168 cm³/mol. The summed E-state index contributed by atoms with van der Waals surface area (Å²) >= 11 is 0. The van der Waals surface area contributed by atoms with Crippen LogP contribution in [0.4, 0.5) is 0 Å². The topological polar surface area (TPSA) is 72.8 Å². The van der Waals surface area contributed by atoms with E-state index in [0.29, 0.717) is 12.8 Å². The minimum atomic E-state index is -0.773. The van der Waals surface area contributed by atoms with Crippen molar-refractivity contribution < 1.29 is 24.2 Å². The van der Waals surface area contributed by atoms with Gasteiger partial charge in [0.2, 0.25) is 0 Å². The molecule has 0 aromatic carbocycles. The minimum absolute atomic E-state index is 0.0715. The normalized spacial score (nSPS) is 12.4. The Morgan fingerprint density at radius 2 is 0.925 bits per heavy atom. The van der Waals surface area contributed by atoms with Gasteiger partial charge in [-0.2, -0.15) is 0 Å². The highest BCUT2D eigenvalue weighted by Gasteiger charge is 2.16. The third-order valence-corrected chi connectivity index (χ3v) is 7.22. The molecule has 0 rings (SSSR count). The average Bonchev–Trinajstić information content (AvgIpc) is 2.96. The maximum absolute atomic E-state index is 12.1. The summed E-state index contributed by atoms with van der Waals surface area (Å²) in [6, 6.07) is 0. The predicted octanol–water partition coefficient (Wildman–Crippen LogP) is 9.95. The number of hydrogen-bond acceptors (Lipinski definition) is 5. The molecule has 0 aliphatic carbocycles. The van der Waals surface area contributed by atoms with Gasteiger partial charge in [-0.25, -0.2) is 0 Å². The van der Waals surface area contributed by atoms with E-state index in [1.54, 1.807) is 0 Å². The molecule has 0 unspecified atom stereocenters. The zero-order valence-corrected chi connectivity index (χ0v) is 26.4. The summed E-state index contributed by atoms with van der Waals surface area (Å²) in [5, 5.41) is 9.49. The first kappa shape index (κ1) is 38.4. The maximum Gasteiger partial charge on any atom is 0.306 e. The van der Waals surface area contributed by atoms with E-state index in [2.05, 4.69) is 38.2 Å². The van der Waals surface area contributed by atoms with Crippen molar-refractivity contribution in [2.24, 2.45) is 0 Å². The molecule has 5 nitrogen and oxygen atoms in total. The van der Waals surface area contributed by atoms with E-state index in [1.807, 2.05) is 0 Å². The van der Waals surface area contributed by atoms with Crippen LogP contribution in [0.5, 0.6) is 0 Å². The van der Waals surface area contributed by atoms with Gasteiger partial charge < -0.3 is 14.6 Å². The van der Waals surface area contributed by atoms with Crippen molar-refractivity contribution in [2.75, 3.05) is 13.2 Å². The lowest BCUT2D eigenvalue weighted by molar-refractivity contribution is -0.161. The summed E-state index contributed by atoms with van der Waals surface area (Å²) < 4.78 is 10.5. The first-order valence-electron chi connectivity index (χ1n) is 16.9. The third-order valence-electron chi connectivity index (χ3n) is 7.22. The SMILES string of the molecule is CCCCCCC=CCCCCCCCC(=O)OC[C@H](CO)OC(=O)CCCCCCCC=CCCCCCC. The van der Waals surface area contributed by atoms with Crippen LogP contribution in [0.1, 0.15) is 168 Å². The Hall–Kier alpha value is -1.62. The summed E-state index contributed by atoms with van der Waals surface area (Å²) in [5.41, 5.74) is 0. The van der Waals surface area contributed by atoms with E-state index in [1.165, 1.54) is 89.9 Å². The number of esters is 2. The smallest absolute Gasteiger partial charge is 0.306 e. The fourth-order valence-electron chi connectivity index (χ4n) is 4.60. The molecule has 0 aliphatic rings. The lowest BCUT2D eigenvalue weighted by Gasteiger charge is -2.15. The molecule has 0 saturated heterocycles. The Bertz CT molecular complexity index is 613. The molecule has 40 heavy (non-hydrogen) atoms. The van der Waals surface area contributed by atoms with Gasteiger partial charge in [0.15, 0.2) is 6.10 Å². The van der Waals surface area contributed by atoms with Crippen LogP contribution < -0.4 is 0 Å². The Morgan fingerprint density at radius 3 is 1.35 bits per heavy atom. The van der Waals surface area contributed by atoms with Crippen LogP contribution in [0.2, 0.25) is 0 Å². The molecule has 0 fully saturated rings. The van der Waals surface area contributed by atoms with Crippen molar-refractivity contribution in [3.63, 3.8) is 0 Å². The minimum Gasteiger partial charge on any atom is -0.462 e. The Kier molecular flexibility index (Phi) is 30.6. The van der Waals surface area contributed by atoms with Crippen molar-refractivity contribution in [2.45, 2.75) is 174 Å². The largest absolute Gasteiger partial charge is 0.462 e. The maximum atomic E-state index is 12.1. The molecule has 0 aliphatic heterocycles. The molecule has 0 bridgehead atoms. The average molecular weight is 565 g/mol. The Balaban J connectivity index is 3.61. The van der Waals surface area contributed by atoms with Gasteiger partial charge in [-0.3, -0.25) is 9.59 Å². The van der Waals surface area contributed by atoms with Crippen LogP contribution in [-0.4, -0.2) is 36.4 Å². The highest BCUT2D eigenvalue weighted by atomic mass is 16.6. The van der Waals surface area contributed by atoms with Crippen LogP contribution in [0, 0.1) is 0 Å². The van der Waals surface area contributed by atoms with Gasteiger partial charge in [0, 0.05) is 12.8 Å². The second-order valence-electron chi connectivity index (χ2n) is 11.2. The van der Waals surface area contributed by atoms with Crippen LogP contribution in [-0.2, 0) is 19.1 Å². The monoisotopic (exact) mass is 564 g/mol. The Morgan fingerprint density at radius 1 is 0.550 bits per heavy atom. The number of carbonyl (C=O) groups is 2. The van der Waals surface area contributed by atoms with E-state index < -0.39 is 6.10 Å². The fraction of sp³-hybridized carbons (Fsp3) is 0.829. The van der Waals surface area contributed by atoms with Crippen LogP contribution in [0.15, 0.2) is 24.3 Å². The lowest BCUT2D eigenvalue weighted by Crippen LogP contribution is -2.28. The highest BCUT2D eigenvalue weighted by Crippen LogP contribution is 2.12. The standard InChI is InChI=1S/C35H64O5/c1-3-5-7-9-11-13-15-17-19-21-23-25-27-29-34(37)39-32-33(31-36)40-35(38)30-28-26-24-22-20-18-16-14-12-10-8-6-4-2/h13-16,33,36H,3-12,17-32H2,1-2H3/t33-/m0/s1. The number of unbranched alkanes of at least 4 members (excludes halogenated alkanes) is 18. The number of rotatable bonds is 30. The number of allylic oxidation sites excluding steroid dienone is 4. The lowest BCUT2D eigenvalue weighted by atomic mass is 10.1. The second-order valence-corrected chi connectivity index (χ2v) is 11.2. The molecule has 5 heteroatoms. The van der Waals surface area contributed by atoms with E-state index in [0.717, 1.165) is 51.4 Å². The summed E-state index contributed by atoms with van der Waals surface area (Å²) in [6.07, 6.45) is 35.1. The zero-order valence-electron chi connectivity index (χ0n) is 26.4. The molecule has 234 valence electrons. The molecule has 0 aromatic heterocycles. The first-order valence-corrected chi connectivity index (χ1v) is 16.9. The van der Waals surface area contributed by atoms with Gasteiger partial charge in [-0.15, -0.1) is 0 Å². The van der Waals surface area contributed by atoms with Crippen LogP contribution in [0.3, 0.4) is 0 Å². The fourth-order valence-corrected chi connectivity index (χ4v) is 4.60. The van der Waals surface area contributed by atoms with Crippen molar-refractivity contribution in [3.8, 4) is 0 Å². The van der Waals surface area contributed by atoms with Crippen LogP contribution >= 0.6 is 0 Å². The van der Waals surface area contributed by atoms with E-state index >= 15 is 0 Å². The third kappa shape index (κ3) is 29.4. The van der Waals surface area contributed by atoms with Crippen molar-refractivity contribution in [3.05, 3.63) is 24.3 Å². The molecule has 0 aromatic rings. The number of hydrogen-bond donors (Lipinski definition) is 1. The van der Waals surface area contributed by atoms with Crippen molar-refractivity contribution in [1.29, 1.82) is 0 Å². The van der Waals surface area contributed by atoms with Gasteiger partial charge in [0.05, 0.1) is 6.61 Å². The molecule has 0 amide bonds. The van der Waals surface area contributed by atoms with E-state index in [9.17, 15) is 14.7 Å². The highest BCUT2D eigenvalue weighted by molar-refractivity contribution is 5.70. The van der Waals surface area contributed by atoms with Gasteiger partial charge in [0.25, 0.3) is 0 Å². The molecule has 1 atom stereocenters. The van der Waals surface area contributed by atoms with E-state index in [4.69, 9.17) is 9.47 Å². The molecule has 0 radical (unpaired) electrons. The summed E-state index contributed by atoms with van der Waals surface area (Å²) in [7, 11) is 0. The molecule has 0 spiro atoms. The number of ether oxygens (including phenoxy) is 2. The summed E-state index contributed by atoms with van der Waals surface area (Å²) in [6.45, 7) is 4.08. The first-order chi connectivity index (χ1) is 19.6. The van der Waals surface area contributed by atoms with Gasteiger partial charge >= 0.3 is 11.9 Å². The van der Waals surface area contributed by atoms with E-state index in [-0.39, 0.29) is 25.2 Å². The van der Waals surface area contributed by atoms with Gasteiger partial charge in [-0.05, 0) is 64.2 Å². The van der Waals surface area contributed by atoms with Crippen LogP contribution in [0.25, 0.3) is 0 Å². The van der Waals surface area contributed by atoms with Gasteiger partial charge in [-0.1, -0.05) is 115 Å². The molecule has 0 saturated carbocycles. The summed E-state index contributed by atoms with van der Waals surface area (Å²) in [5.74, 6) is -0.612. The molecular formula is C35H64O5. The van der Waals surface area contributed by atoms with Crippen molar-refractivity contribution in [1.82, 2.24) is 0 Å². The van der Waals surface area contributed by atoms with Gasteiger partial charge in [0.1, 0.15) is 6.61 Å². The molecular weight excluding hydrogens is 500 g/mol. The number of carbonyl (C=O) groups excluding carboxylic acids is 2. The summed E-state index contributed by atoms with van der Waals surface area (Å²) in [4.78, 5) is 24.1. The van der Waals surface area contributed by atoms with Crippen molar-refractivity contribution >= 4 is 11.9 Å². The second kappa shape index (κ2) is 31.9. The number of aliphatic hydroxyl groups excluding tert-OH is 1. The zero-order chi connectivity index (χ0) is 29.4.